The summed E-state index contributed by atoms with van der Waals surface area (Å²) in [6.45, 7) is 12.6. The Morgan fingerprint density at radius 3 is 2.42 bits per heavy atom. The van der Waals surface area contributed by atoms with E-state index in [0.29, 0.717) is 10.5 Å². The van der Waals surface area contributed by atoms with Gasteiger partial charge in [-0.05, 0) is 18.6 Å². The smallest absolute Gasteiger partial charge is 0.0256 e. The first-order chi connectivity index (χ1) is 5.61. The van der Waals surface area contributed by atoms with Gasteiger partial charge >= 0.3 is 0 Å². The zero-order valence-corrected chi connectivity index (χ0v) is 9.45. The Kier molecular flexibility index (Phi) is 6.27. The van der Waals surface area contributed by atoms with E-state index in [-0.39, 0.29) is 0 Å². The van der Waals surface area contributed by atoms with Crippen molar-refractivity contribution < 1.29 is 0 Å². The molecule has 0 heterocycles. The van der Waals surface area contributed by atoms with Crippen LogP contribution in [0.3, 0.4) is 0 Å². The van der Waals surface area contributed by atoms with Crippen LogP contribution in [0, 0.1) is 0 Å². The fourth-order valence-corrected chi connectivity index (χ4v) is 2.29. The van der Waals surface area contributed by atoms with Gasteiger partial charge in [-0.3, -0.25) is 0 Å². The van der Waals surface area contributed by atoms with Crippen molar-refractivity contribution in [3.8, 4) is 0 Å². The molecular weight excluding hydrogens is 164 g/mol. The Hall–Kier alpha value is -0.170. The summed E-state index contributed by atoms with van der Waals surface area (Å²) >= 11 is 2.03. The van der Waals surface area contributed by atoms with Crippen LogP contribution in [0.25, 0.3) is 0 Å². The van der Waals surface area contributed by atoms with Gasteiger partial charge in [0.25, 0.3) is 0 Å². The van der Waals surface area contributed by atoms with E-state index in [0.717, 1.165) is 0 Å². The molecule has 0 aromatic heterocycles. The van der Waals surface area contributed by atoms with Gasteiger partial charge in [-0.1, -0.05) is 45.1 Å². The summed E-state index contributed by atoms with van der Waals surface area (Å²) < 4.78 is 0. The van der Waals surface area contributed by atoms with E-state index in [2.05, 4.69) is 40.3 Å². The minimum absolute atomic E-state index is 0.669. The molecule has 0 saturated heterocycles. The summed E-state index contributed by atoms with van der Waals surface area (Å²) in [6, 6.07) is 0. The molecule has 0 fully saturated rings. The monoisotopic (exact) mass is 184 g/mol. The average molecular weight is 184 g/mol. The lowest BCUT2D eigenvalue weighted by Crippen LogP contribution is -2.06. The van der Waals surface area contributed by atoms with Crippen LogP contribution in [-0.2, 0) is 0 Å². The first kappa shape index (κ1) is 11.8. The second-order valence-electron chi connectivity index (χ2n) is 3.23. The lowest BCUT2D eigenvalue weighted by Gasteiger charge is -2.17. The SMILES string of the molecule is C=CC=C(C)C(CC)SC(C)C. The third-order valence-corrected chi connectivity index (χ3v) is 3.27. The molecule has 0 aliphatic heterocycles. The van der Waals surface area contributed by atoms with Crippen LogP contribution in [0.15, 0.2) is 24.3 Å². The minimum Gasteiger partial charge on any atom is -0.151 e. The highest BCUT2D eigenvalue weighted by atomic mass is 32.2. The molecule has 1 atom stereocenters. The van der Waals surface area contributed by atoms with Crippen LogP contribution < -0.4 is 0 Å². The molecule has 0 aliphatic rings. The molecule has 0 radical (unpaired) electrons. The fourth-order valence-electron chi connectivity index (χ4n) is 1.15. The maximum atomic E-state index is 3.71. The van der Waals surface area contributed by atoms with Crippen LogP contribution in [0.5, 0.6) is 0 Å². The van der Waals surface area contributed by atoms with Crippen molar-refractivity contribution in [2.24, 2.45) is 0 Å². The predicted molar refractivity (Wildman–Crippen MR) is 60.8 cm³/mol. The van der Waals surface area contributed by atoms with Gasteiger partial charge in [-0.2, -0.15) is 11.8 Å². The van der Waals surface area contributed by atoms with Crippen molar-refractivity contribution in [1.82, 2.24) is 0 Å². The molecule has 0 amide bonds. The van der Waals surface area contributed by atoms with E-state index in [1.165, 1.54) is 12.0 Å². The third kappa shape index (κ3) is 4.66. The molecular formula is C11H20S. The second kappa shape index (κ2) is 6.36. The van der Waals surface area contributed by atoms with Crippen molar-refractivity contribution in [3.05, 3.63) is 24.3 Å². The first-order valence-corrected chi connectivity index (χ1v) is 5.50. The quantitative estimate of drug-likeness (QED) is 0.581. The molecule has 0 nitrogen and oxygen atoms in total. The second-order valence-corrected chi connectivity index (χ2v) is 5.01. The molecule has 1 heteroatoms. The third-order valence-electron chi connectivity index (χ3n) is 1.70. The van der Waals surface area contributed by atoms with Gasteiger partial charge in [0, 0.05) is 5.25 Å². The van der Waals surface area contributed by atoms with Gasteiger partial charge < -0.3 is 0 Å². The van der Waals surface area contributed by atoms with Crippen LogP contribution in [0.2, 0.25) is 0 Å². The zero-order valence-electron chi connectivity index (χ0n) is 8.63. The van der Waals surface area contributed by atoms with E-state index >= 15 is 0 Å². The Morgan fingerprint density at radius 2 is 2.08 bits per heavy atom. The van der Waals surface area contributed by atoms with Crippen molar-refractivity contribution >= 4 is 11.8 Å². The average Bonchev–Trinajstić information content (AvgIpc) is 2.00. The molecule has 0 aliphatic carbocycles. The topological polar surface area (TPSA) is 0 Å². The van der Waals surface area contributed by atoms with E-state index in [4.69, 9.17) is 0 Å². The van der Waals surface area contributed by atoms with Gasteiger partial charge in [0.1, 0.15) is 0 Å². The molecule has 0 saturated carbocycles. The summed E-state index contributed by atoms with van der Waals surface area (Å²) in [5.41, 5.74) is 1.44. The summed E-state index contributed by atoms with van der Waals surface area (Å²) in [6.07, 6.45) is 5.20. The van der Waals surface area contributed by atoms with Crippen LogP contribution >= 0.6 is 11.8 Å². The highest BCUT2D eigenvalue weighted by molar-refractivity contribution is 8.00. The van der Waals surface area contributed by atoms with Gasteiger partial charge in [-0.25, -0.2) is 0 Å². The van der Waals surface area contributed by atoms with Crippen molar-refractivity contribution in [2.75, 3.05) is 0 Å². The van der Waals surface area contributed by atoms with E-state index in [9.17, 15) is 0 Å². The molecule has 0 spiro atoms. The molecule has 0 aromatic carbocycles. The van der Waals surface area contributed by atoms with Crippen LogP contribution in [-0.4, -0.2) is 10.5 Å². The maximum Gasteiger partial charge on any atom is 0.0256 e. The maximum absolute atomic E-state index is 3.71. The van der Waals surface area contributed by atoms with E-state index in [1.807, 2.05) is 17.8 Å². The molecule has 0 bridgehead atoms. The Labute approximate surface area is 81.1 Å². The Bertz CT molecular complexity index is 156. The van der Waals surface area contributed by atoms with Crippen LogP contribution in [0.1, 0.15) is 34.1 Å². The Morgan fingerprint density at radius 1 is 1.50 bits per heavy atom. The molecule has 70 valence electrons. The molecule has 0 rings (SSSR count). The highest BCUT2D eigenvalue weighted by Gasteiger charge is 2.09. The standard InChI is InChI=1S/C11H20S/c1-6-8-10(5)11(7-2)12-9(3)4/h6,8-9,11H,1,7H2,2-5H3. The minimum atomic E-state index is 0.669. The molecule has 1 unspecified atom stereocenters. The highest BCUT2D eigenvalue weighted by Crippen LogP contribution is 2.25. The summed E-state index contributed by atoms with van der Waals surface area (Å²) in [4.78, 5) is 0. The van der Waals surface area contributed by atoms with Gasteiger partial charge in [0.05, 0.1) is 0 Å². The molecule has 0 N–H and O–H groups in total. The van der Waals surface area contributed by atoms with Gasteiger partial charge in [0.15, 0.2) is 0 Å². The predicted octanol–water partition coefficient (Wildman–Crippen LogP) is 4.04. The number of hydrogen-bond acceptors (Lipinski definition) is 1. The fraction of sp³-hybridized carbons (Fsp3) is 0.636. The number of thioether (sulfide) groups is 1. The van der Waals surface area contributed by atoms with Crippen molar-refractivity contribution in [2.45, 2.75) is 44.6 Å². The molecule has 12 heavy (non-hydrogen) atoms. The Balaban J connectivity index is 4.13. The van der Waals surface area contributed by atoms with E-state index < -0.39 is 0 Å². The van der Waals surface area contributed by atoms with Crippen molar-refractivity contribution in [3.63, 3.8) is 0 Å². The van der Waals surface area contributed by atoms with Gasteiger partial charge in [-0.15, -0.1) is 0 Å². The first-order valence-electron chi connectivity index (χ1n) is 4.56. The van der Waals surface area contributed by atoms with Crippen molar-refractivity contribution in [1.29, 1.82) is 0 Å². The van der Waals surface area contributed by atoms with E-state index in [1.54, 1.807) is 0 Å². The zero-order chi connectivity index (χ0) is 9.56. The lowest BCUT2D eigenvalue weighted by atomic mass is 10.1. The number of allylic oxidation sites excluding steroid dienone is 2. The van der Waals surface area contributed by atoms with Crippen LogP contribution in [0.4, 0.5) is 0 Å². The summed E-state index contributed by atoms with van der Waals surface area (Å²) in [5, 5.41) is 1.38. The lowest BCUT2D eigenvalue weighted by molar-refractivity contribution is 0.914. The summed E-state index contributed by atoms with van der Waals surface area (Å²) in [7, 11) is 0. The molecule has 0 aromatic rings. The summed E-state index contributed by atoms with van der Waals surface area (Å²) in [5.74, 6) is 0. The van der Waals surface area contributed by atoms with Gasteiger partial charge in [0.2, 0.25) is 0 Å². The normalized spacial score (nSPS) is 14.9. The largest absolute Gasteiger partial charge is 0.151 e. The number of rotatable bonds is 5. The number of hydrogen-bond donors (Lipinski definition) is 0.